The smallest absolute Gasteiger partial charge is 0.162 e. The number of benzene rings is 1. The van der Waals surface area contributed by atoms with E-state index >= 15 is 0 Å². The summed E-state index contributed by atoms with van der Waals surface area (Å²) in [4.78, 5) is 12.7. The average molecular weight is 424 g/mol. The number of sulfone groups is 1. The van der Waals surface area contributed by atoms with E-state index in [9.17, 15) is 12.8 Å². The predicted octanol–water partition coefficient (Wildman–Crippen LogP) is 2.60. The Labute approximate surface area is 172 Å². The third kappa shape index (κ3) is 3.55. The fraction of sp³-hybridized carbons (Fsp3) is 0.200. The van der Waals surface area contributed by atoms with Crippen molar-refractivity contribution >= 4 is 38.1 Å². The summed E-state index contributed by atoms with van der Waals surface area (Å²) in [6.07, 6.45) is 3.01. The van der Waals surface area contributed by atoms with Gasteiger partial charge < -0.3 is 11.1 Å². The van der Waals surface area contributed by atoms with E-state index in [1.807, 2.05) is 6.07 Å². The normalized spacial score (nSPS) is 20.4. The van der Waals surface area contributed by atoms with Crippen molar-refractivity contribution in [3.63, 3.8) is 0 Å². The number of aromatic nitrogens is 2. The summed E-state index contributed by atoms with van der Waals surface area (Å²) in [5, 5.41) is 11.9. The lowest BCUT2D eigenvalue weighted by molar-refractivity contribution is 0.567. The van der Waals surface area contributed by atoms with E-state index in [1.165, 1.54) is 31.3 Å². The van der Waals surface area contributed by atoms with Gasteiger partial charge in [-0.15, -0.1) is 0 Å². The highest BCUT2D eigenvalue weighted by atomic mass is 32.2. The van der Waals surface area contributed by atoms with Crippen LogP contribution in [0.2, 0.25) is 0 Å². The van der Waals surface area contributed by atoms with E-state index in [0.717, 1.165) is 5.39 Å². The first-order valence-electron chi connectivity index (χ1n) is 9.04. The average Bonchev–Trinajstić information content (AvgIpc) is 2.72. The summed E-state index contributed by atoms with van der Waals surface area (Å²) in [7, 11) is -3.52. The maximum Gasteiger partial charge on any atom is 0.162 e. The van der Waals surface area contributed by atoms with Gasteiger partial charge in [-0.05, 0) is 37.3 Å². The molecule has 0 amide bonds. The van der Waals surface area contributed by atoms with Crippen LogP contribution in [0, 0.1) is 17.1 Å². The van der Waals surface area contributed by atoms with Crippen LogP contribution in [0.1, 0.15) is 24.1 Å². The number of halogens is 1. The maximum absolute atomic E-state index is 14.5. The van der Waals surface area contributed by atoms with Gasteiger partial charge in [0.1, 0.15) is 28.5 Å². The molecule has 0 saturated carbocycles. The number of nitrogens with zero attached hydrogens (tertiary/aromatic N) is 4. The molecule has 0 radical (unpaired) electrons. The van der Waals surface area contributed by atoms with Crippen LogP contribution in [-0.4, -0.2) is 35.2 Å². The van der Waals surface area contributed by atoms with Crippen molar-refractivity contribution in [3.8, 4) is 6.07 Å². The molecule has 0 bridgehead atoms. The van der Waals surface area contributed by atoms with Crippen molar-refractivity contribution in [1.82, 2.24) is 9.97 Å². The second-order valence-electron chi connectivity index (χ2n) is 6.97. The molecule has 3 N–H and O–H groups in total. The predicted molar refractivity (Wildman–Crippen MR) is 112 cm³/mol. The van der Waals surface area contributed by atoms with Crippen LogP contribution >= 0.6 is 0 Å². The van der Waals surface area contributed by atoms with Crippen LogP contribution in [0.25, 0.3) is 10.9 Å². The molecule has 30 heavy (non-hydrogen) atoms. The van der Waals surface area contributed by atoms with Crippen LogP contribution in [0.15, 0.2) is 47.7 Å². The number of pyridine rings is 2. The van der Waals surface area contributed by atoms with E-state index in [2.05, 4.69) is 20.3 Å². The maximum atomic E-state index is 14.5. The lowest BCUT2D eigenvalue weighted by Gasteiger charge is -2.24. The summed E-state index contributed by atoms with van der Waals surface area (Å²) in [6.45, 7) is 1.47. The Morgan fingerprint density at radius 1 is 1.27 bits per heavy atom. The molecule has 0 fully saturated rings. The number of rotatable bonds is 3. The van der Waals surface area contributed by atoms with Crippen LogP contribution < -0.4 is 11.1 Å². The number of fused-ring (bicyclic) bond motifs is 1. The summed E-state index contributed by atoms with van der Waals surface area (Å²) >= 11 is 0. The van der Waals surface area contributed by atoms with Crippen molar-refractivity contribution in [2.24, 2.45) is 10.7 Å². The minimum absolute atomic E-state index is 0.0303. The second kappa shape index (κ2) is 7.35. The molecule has 0 spiro atoms. The highest BCUT2D eigenvalue weighted by Gasteiger charge is 2.34. The first kappa shape index (κ1) is 19.7. The van der Waals surface area contributed by atoms with E-state index in [0.29, 0.717) is 22.6 Å². The second-order valence-corrected chi connectivity index (χ2v) is 9.34. The zero-order valence-electron chi connectivity index (χ0n) is 15.9. The van der Waals surface area contributed by atoms with Crippen LogP contribution in [0.5, 0.6) is 0 Å². The number of hydrogen-bond acceptors (Lipinski definition) is 8. The number of nitrogens with two attached hydrogens (primary N) is 1. The van der Waals surface area contributed by atoms with Crippen molar-refractivity contribution in [3.05, 3.63) is 59.7 Å². The summed E-state index contributed by atoms with van der Waals surface area (Å²) < 4.78 is 39.2. The van der Waals surface area contributed by atoms with Gasteiger partial charge in [0.2, 0.25) is 0 Å². The van der Waals surface area contributed by atoms with Gasteiger partial charge in [-0.3, -0.25) is 9.98 Å². The number of nitriles is 1. The number of amidine groups is 1. The van der Waals surface area contributed by atoms with Crippen molar-refractivity contribution in [1.29, 1.82) is 5.26 Å². The number of aliphatic imine (C=N–C) groups is 1. The van der Waals surface area contributed by atoms with Crippen molar-refractivity contribution in [2.45, 2.75) is 18.2 Å². The van der Waals surface area contributed by atoms with Gasteiger partial charge in [-0.1, -0.05) is 0 Å². The van der Waals surface area contributed by atoms with Gasteiger partial charge in [0.05, 0.1) is 17.4 Å². The lowest BCUT2D eigenvalue weighted by atomic mass is 10.1. The largest absolute Gasteiger partial charge is 0.386 e. The Bertz CT molecular complexity index is 1330. The Hall–Kier alpha value is -3.58. The van der Waals surface area contributed by atoms with Crippen molar-refractivity contribution in [2.75, 3.05) is 11.1 Å². The van der Waals surface area contributed by atoms with Crippen molar-refractivity contribution < 1.29 is 12.8 Å². The fourth-order valence-electron chi connectivity index (χ4n) is 3.26. The molecular weight excluding hydrogens is 407 g/mol. The summed E-state index contributed by atoms with van der Waals surface area (Å²) in [5.74, 6) is -0.505. The molecule has 0 aliphatic carbocycles. The standard InChI is InChI=1S/C20H17FN6O2S/c1-11-19(23)27-17(10-30(11,28)29)15-7-14(2-3-16(15)21)26-20-18-13(4-5-24-20)6-12(8-22)9-25-18/h2-7,9,11,17H,10H2,1H3,(H2,23,27)(H,24,26). The third-order valence-corrected chi connectivity index (χ3v) is 7.10. The molecule has 1 aliphatic rings. The molecule has 2 unspecified atom stereocenters. The summed E-state index contributed by atoms with van der Waals surface area (Å²) in [6, 6.07) is 8.77. The van der Waals surface area contributed by atoms with E-state index in [-0.39, 0.29) is 17.2 Å². The molecule has 1 aromatic carbocycles. The van der Waals surface area contributed by atoms with E-state index < -0.39 is 26.9 Å². The zero-order valence-corrected chi connectivity index (χ0v) is 16.7. The molecule has 3 heterocycles. The van der Waals surface area contributed by atoms with E-state index in [4.69, 9.17) is 11.0 Å². The molecule has 2 aromatic heterocycles. The molecule has 2 atom stereocenters. The van der Waals surface area contributed by atoms with Gasteiger partial charge in [-0.2, -0.15) is 5.26 Å². The molecule has 10 heteroatoms. The first-order valence-corrected chi connectivity index (χ1v) is 10.8. The minimum Gasteiger partial charge on any atom is -0.386 e. The Morgan fingerprint density at radius 3 is 2.80 bits per heavy atom. The van der Waals surface area contributed by atoms with E-state index in [1.54, 1.807) is 18.3 Å². The monoisotopic (exact) mass is 424 g/mol. The molecule has 152 valence electrons. The number of nitrogens with one attached hydrogen (secondary N) is 1. The van der Waals surface area contributed by atoms with Crippen LogP contribution in [0.4, 0.5) is 15.9 Å². The van der Waals surface area contributed by atoms with Gasteiger partial charge in [-0.25, -0.2) is 17.8 Å². The van der Waals surface area contributed by atoms with Gasteiger partial charge in [0, 0.05) is 29.0 Å². The highest BCUT2D eigenvalue weighted by Crippen LogP contribution is 2.31. The Balaban J connectivity index is 1.72. The molecule has 8 nitrogen and oxygen atoms in total. The Morgan fingerprint density at radius 2 is 2.07 bits per heavy atom. The summed E-state index contributed by atoms with van der Waals surface area (Å²) in [5.41, 5.74) is 7.35. The Kier molecular flexibility index (Phi) is 4.83. The van der Waals surface area contributed by atoms with Gasteiger partial charge in [0.25, 0.3) is 0 Å². The highest BCUT2D eigenvalue weighted by molar-refractivity contribution is 7.92. The minimum atomic E-state index is -3.52. The van der Waals surface area contributed by atoms with Crippen LogP contribution in [-0.2, 0) is 9.84 Å². The molecule has 4 rings (SSSR count). The number of anilines is 2. The van der Waals surface area contributed by atoms with Gasteiger partial charge >= 0.3 is 0 Å². The molecule has 0 saturated heterocycles. The van der Waals surface area contributed by atoms with Crippen LogP contribution in [0.3, 0.4) is 0 Å². The topological polar surface area (TPSA) is 134 Å². The first-order chi connectivity index (χ1) is 14.3. The molecule has 3 aromatic rings. The SMILES string of the molecule is CC1C(N)=NC(c2cc(Nc3nccc4cc(C#N)cnc34)ccc2F)CS1(=O)=O. The third-order valence-electron chi connectivity index (χ3n) is 5.00. The lowest BCUT2D eigenvalue weighted by Crippen LogP contribution is -2.40. The quantitative estimate of drug-likeness (QED) is 0.660. The van der Waals surface area contributed by atoms with Gasteiger partial charge in [0.15, 0.2) is 15.7 Å². The zero-order chi connectivity index (χ0) is 21.5. The fourth-order valence-corrected chi connectivity index (χ4v) is 4.67. The number of hydrogen-bond donors (Lipinski definition) is 2. The molecule has 1 aliphatic heterocycles. The molecular formula is C20H17FN6O2S.